The Labute approximate surface area is 145 Å². The number of fused-ring (bicyclic) bond motifs is 2. The first-order valence-corrected chi connectivity index (χ1v) is 8.20. The Morgan fingerprint density at radius 3 is 3.00 bits per heavy atom. The Kier molecular flexibility index (Phi) is 3.66. The molecule has 0 fully saturated rings. The van der Waals surface area contributed by atoms with Gasteiger partial charge in [0.25, 0.3) is 11.5 Å². The lowest BCUT2D eigenvalue weighted by Crippen LogP contribution is -2.26. The molecule has 1 amide bonds. The summed E-state index contributed by atoms with van der Waals surface area (Å²) in [7, 11) is 1.59. The molecule has 7 nitrogen and oxygen atoms in total. The Bertz CT molecular complexity index is 1170. The standard InChI is InChI=1S/C17H12N4O3S/c1-24-10-5-6-12-13(8-10)25-17(19-12)20-15(22)11-9-18-14-4-2-3-7-21(14)16(11)23/h2-9H,1H3,(H,19,20,22). The molecule has 0 aliphatic rings. The fourth-order valence-corrected chi connectivity index (χ4v) is 3.32. The molecule has 0 spiro atoms. The maximum absolute atomic E-state index is 12.5. The van der Waals surface area contributed by atoms with Gasteiger partial charge in [-0.2, -0.15) is 0 Å². The lowest BCUT2D eigenvalue weighted by atomic mass is 10.3. The molecule has 0 saturated heterocycles. The SMILES string of the molecule is COc1ccc2nc(NC(=O)c3cnc4ccccn4c3=O)sc2c1. The second-order valence-corrected chi connectivity index (χ2v) is 6.24. The van der Waals surface area contributed by atoms with Gasteiger partial charge >= 0.3 is 0 Å². The number of methoxy groups -OCH3 is 1. The van der Waals surface area contributed by atoms with E-state index in [9.17, 15) is 9.59 Å². The average Bonchev–Trinajstić information content (AvgIpc) is 3.03. The van der Waals surface area contributed by atoms with Gasteiger partial charge in [0.05, 0.1) is 17.3 Å². The number of hydrogen-bond donors (Lipinski definition) is 1. The summed E-state index contributed by atoms with van der Waals surface area (Å²) in [6.45, 7) is 0. The fraction of sp³-hybridized carbons (Fsp3) is 0.0588. The third-order valence-corrected chi connectivity index (χ3v) is 4.61. The fourth-order valence-electron chi connectivity index (χ4n) is 2.43. The molecule has 0 aliphatic carbocycles. The van der Waals surface area contributed by atoms with Gasteiger partial charge in [-0.1, -0.05) is 17.4 Å². The maximum atomic E-state index is 12.5. The van der Waals surface area contributed by atoms with E-state index in [1.54, 1.807) is 37.6 Å². The first-order valence-electron chi connectivity index (χ1n) is 7.38. The summed E-state index contributed by atoms with van der Waals surface area (Å²) >= 11 is 1.31. The third kappa shape index (κ3) is 2.72. The Balaban J connectivity index is 1.68. The molecular weight excluding hydrogens is 340 g/mol. The number of rotatable bonds is 3. The Morgan fingerprint density at radius 2 is 2.16 bits per heavy atom. The molecule has 8 heteroatoms. The minimum Gasteiger partial charge on any atom is -0.497 e. The number of anilines is 1. The van der Waals surface area contributed by atoms with Crippen molar-refractivity contribution in [2.45, 2.75) is 0 Å². The zero-order valence-electron chi connectivity index (χ0n) is 13.1. The number of hydrogen-bond acceptors (Lipinski definition) is 6. The van der Waals surface area contributed by atoms with E-state index in [1.807, 2.05) is 12.1 Å². The Hall–Kier alpha value is -3.26. The first kappa shape index (κ1) is 15.3. The molecule has 0 radical (unpaired) electrons. The number of carbonyl (C=O) groups excluding carboxylic acids is 1. The van der Waals surface area contributed by atoms with Crippen LogP contribution in [0.15, 0.2) is 53.6 Å². The molecule has 4 rings (SSSR count). The number of amides is 1. The van der Waals surface area contributed by atoms with Crippen LogP contribution in [0.2, 0.25) is 0 Å². The normalized spacial score (nSPS) is 10.9. The second-order valence-electron chi connectivity index (χ2n) is 5.21. The van der Waals surface area contributed by atoms with Crippen molar-refractivity contribution in [1.82, 2.24) is 14.4 Å². The number of benzene rings is 1. The maximum Gasteiger partial charge on any atom is 0.270 e. The summed E-state index contributed by atoms with van der Waals surface area (Å²) in [6, 6.07) is 10.6. The lowest BCUT2D eigenvalue weighted by Gasteiger charge is -2.03. The molecule has 3 heterocycles. The van der Waals surface area contributed by atoms with Crippen LogP contribution < -0.4 is 15.6 Å². The number of nitrogens with one attached hydrogen (secondary N) is 1. The van der Waals surface area contributed by atoms with Gasteiger partial charge in [0.2, 0.25) is 0 Å². The third-order valence-electron chi connectivity index (χ3n) is 3.67. The molecule has 3 aromatic heterocycles. The van der Waals surface area contributed by atoms with Crippen LogP contribution in [0.25, 0.3) is 15.9 Å². The molecule has 1 aromatic carbocycles. The number of thiazole rings is 1. The lowest BCUT2D eigenvalue weighted by molar-refractivity contribution is 0.102. The zero-order valence-corrected chi connectivity index (χ0v) is 13.9. The number of nitrogens with zero attached hydrogens (tertiary/aromatic N) is 3. The Morgan fingerprint density at radius 1 is 1.28 bits per heavy atom. The van der Waals surface area contributed by atoms with Gasteiger partial charge in [-0.25, -0.2) is 9.97 Å². The monoisotopic (exact) mass is 352 g/mol. The predicted octanol–water partition coefficient (Wildman–Crippen LogP) is 2.57. The van der Waals surface area contributed by atoms with E-state index >= 15 is 0 Å². The van der Waals surface area contributed by atoms with Crippen LogP contribution in [-0.2, 0) is 0 Å². The summed E-state index contributed by atoms with van der Waals surface area (Å²) in [6.07, 6.45) is 2.86. The molecular formula is C17H12N4O3S. The summed E-state index contributed by atoms with van der Waals surface area (Å²) in [4.78, 5) is 33.4. The molecule has 0 bridgehead atoms. The van der Waals surface area contributed by atoms with Crippen LogP contribution in [0.4, 0.5) is 5.13 Å². The van der Waals surface area contributed by atoms with Gasteiger partial charge in [-0.05, 0) is 30.3 Å². The van der Waals surface area contributed by atoms with Gasteiger partial charge < -0.3 is 4.74 Å². The smallest absolute Gasteiger partial charge is 0.270 e. The van der Waals surface area contributed by atoms with Crippen molar-refractivity contribution in [3.8, 4) is 5.75 Å². The highest BCUT2D eigenvalue weighted by Crippen LogP contribution is 2.29. The van der Waals surface area contributed by atoms with E-state index in [2.05, 4.69) is 15.3 Å². The van der Waals surface area contributed by atoms with Crippen molar-refractivity contribution in [2.75, 3.05) is 12.4 Å². The van der Waals surface area contributed by atoms with E-state index in [0.29, 0.717) is 16.5 Å². The average molecular weight is 352 g/mol. The highest BCUT2D eigenvalue weighted by Gasteiger charge is 2.15. The highest BCUT2D eigenvalue weighted by atomic mass is 32.1. The minimum absolute atomic E-state index is 0.0412. The molecule has 0 aliphatic heterocycles. The van der Waals surface area contributed by atoms with E-state index in [0.717, 1.165) is 10.2 Å². The zero-order chi connectivity index (χ0) is 17.4. The molecule has 0 atom stereocenters. The summed E-state index contributed by atoms with van der Waals surface area (Å²) in [5, 5.41) is 3.07. The van der Waals surface area contributed by atoms with Crippen LogP contribution in [0.1, 0.15) is 10.4 Å². The molecule has 4 aromatic rings. The van der Waals surface area contributed by atoms with Crippen molar-refractivity contribution in [3.05, 3.63) is 64.7 Å². The van der Waals surface area contributed by atoms with Gasteiger partial charge in [-0.3, -0.25) is 19.3 Å². The van der Waals surface area contributed by atoms with Gasteiger partial charge in [0.15, 0.2) is 5.13 Å². The number of aromatic nitrogens is 3. The predicted molar refractivity (Wildman–Crippen MR) is 95.6 cm³/mol. The topological polar surface area (TPSA) is 85.6 Å². The quantitative estimate of drug-likeness (QED) is 0.612. The summed E-state index contributed by atoms with van der Waals surface area (Å²) < 4.78 is 7.39. The first-order chi connectivity index (χ1) is 12.2. The van der Waals surface area contributed by atoms with Crippen LogP contribution in [0.3, 0.4) is 0 Å². The van der Waals surface area contributed by atoms with E-state index in [4.69, 9.17) is 4.74 Å². The van der Waals surface area contributed by atoms with Gasteiger partial charge in [0.1, 0.15) is 17.0 Å². The second kappa shape index (κ2) is 5.99. The van der Waals surface area contributed by atoms with Crippen molar-refractivity contribution in [2.24, 2.45) is 0 Å². The molecule has 124 valence electrons. The molecule has 25 heavy (non-hydrogen) atoms. The van der Waals surface area contributed by atoms with Crippen LogP contribution in [-0.4, -0.2) is 27.4 Å². The summed E-state index contributed by atoms with van der Waals surface area (Å²) in [5.74, 6) is 0.174. The van der Waals surface area contributed by atoms with Crippen molar-refractivity contribution in [1.29, 1.82) is 0 Å². The minimum atomic E-state index is -0.540. The number of ether oxygens (including phenoxy) is 1. The van der Waals surface area contributed by atoms with Crippen LogP contribution in [0.5, 0.6) is 5.75 Å². The molecule has 1 N–H and O–H groups in total. The van der Waals surface area contributed by atoms with Gasteiger partial charge in [0, 0.05) is 12.4 Å². The van der Waals surface area contributed by atoms with Crippen molar-refractivity contribution < 1.29 is 9.53 Å². The number of carbonyl (C=O) groups is 1. The van der Waals surface area contributed by atoms with Gasteiger partial charge in [-0.15, -0.1) is 0 Å². The molecule has 0 saturated carbocycles. The van der Waals surface area contributed by atoms with Crippen molar-refractivity contribution in [3.63, 3.8) is 0 Å². The van der Waals surface area contributed by atoms with E-state index < -0.39 is 11.5 Å². The summed E-state index contributed by atoms with van der Waals surface area (Å²) in [5.41, 5.74) is 0.761. The van der Waals surface area contributed by atoms with E-state index in [1.165, 1.54) is 21.9 Å². The van der Waals surface area contributed by atoms with Crippen LogP contribution >= 0.6 is 11.3 Å². The molecule has 0 unspecified atom stereocenters. The van der Waals surface area contributed by atoms with E-state index in [-0.39, 0.29) is 5.56 Å². The highest BCUT2D eigenvalue weighted by molar-refractivity contribution is 7.22. The largest absolute Gasteiger partial charge is 0.497 e. The van der Waals surface area contributed by atoms with Crippen molar-refractivity contribution >= 4 is 38.2 Å². The number of pyridine rings is 1. The van der Waals surface area contributed by atoms with Crippen LogP contribution in [0, 0.1) is 0 Å².